The van der Waals surface area contributed by atoms with E-state index in [1.165, 1.54) is 12.1 Å². The van der Waals surface area contributed by atoms with Gasteiger partial charge in [0.05, 0.1) is 18.1 Å². The summed E-state index contributed by atoms with van der Waals surface area (Å²) in [6, 6.07) is 6.61. The van der Waals surface area contributed by atoms with E-state index in [-0.39, 0.29) is 30.0 Å². The van der Waals surface area contributed by atoms with Crippen LogP contribution in [0.1, 0.15) is 55.5 Å². The van der Waals surface area contributed by atoms with Crippen molar-refractivity contribution in [3.63, 3.8) is 0 Å². The number of benzene rings is 1. The molecule has 1 aromatic carbocycles. The number of rotatable bonds is 7. The van der Waals surface area contributed by atoms with Crippen LogP contribution >= 0.6 is 0 Å². The van der Waals surface area contributed by atoms with Gasteiger partial charge < -0.3 is 15.2 Å². The van der Waals surface area contributed by atoms with Crippen LogP contribution in [0, 0.1) is 5.92 Å². The van der Waals surface area contributed by atoms with Gasteiger partial charge >= 0.3 is 5.97 Å². The molecule has 0 aromatic heterocycles. The lowest BCUT2D eigenvalue weighted by atomic mass is 9.89. The quantitative estimate of drug-likeness (QED) is 0.804. The van der Waals surface area contributed by atoms with E-state index < -0.39 is 5.97 Å². The Hall–Kier alpha value is -1.88. The average molecular weight is 333 g/mol. The summed E-state index contributed by atoms with van der Waals surface area (Å²) < 4.78 is 5.88. The normalized spacial score (nSPS) is 20.8. The first kappa shape index (κ1) is 18.5. The van der Waals surface area contributed by atoms with E-state index in [9.17, 15) is 9.59 Å². The Labute approximate surface area is 143 Å². The van der Waals surface area contributed by atoms with E-state index in [2.05, 4.69) is 19.2 Å². The van der Waals surface area contributed by atoms with Gasteiger partial charge in [0.1, 0.15) is 0 Å². The van der Waals surface area contributed by atoms with Crippen molar-refractivity contribution >= 4 is 11.9 Å². The number of carbonyl (C=O) groups excluding carboxylic acids is 1. The molecule has 1 saturated heterocycles. The standard InChI is InChI=1S/C19H27NO4/c1-3-14(4-2)17-12-16(9-10-24-17)20-18(21)11-13-5-7-15(8-6-13)19(22)23/h5-8,14,16-17H,3-4,9-12H2,1-2H3,(H,20,21)(H,22,23). The molecule has 132 valence electrons. The number of aromatic carboxylic acids is 1. The molecule has 2 rings (SSSR count). The third kappa shape index (κ3) is 5.06. The molecular weight excluding hydrogens is 306 g/mol. The van der Waals surface area contributed by atoms with Crippen molar-refractivity contribution in [2.45, 2.75) is 58.1 Å². The van der Waals surface area contributed by atoms with Crippen molar-refractivity contribution in [2.24, 2.45) is 5.92 Å². The molecule has 0 saturated carbocycles. The predicted octanol–water partition coefficient (Wildman–Crippen LogP) is 3.03. The van der Waals surface area contributed by atoms with Crippen LogP contribution in [0.25, 0.3) is 0 Å². The Morgan fingerprint density at radius 2 is 1.92 bits per heavy atom. The molecule has 5 heteroatoms. The van der Waals surface area contributed by atoms with Crippen LogP contribution in [0.2, 0.25) is 0 Å². The zero-order valence-corrected chi connectivity index (χ0v) is 14.5. The third-order valence-corrected chi connectivity index (χ3v) is 4.82. The second-order valence-electron chi connectivity index (χ2n) is 6.45. The predicted molar refractivity (Wildman–Crippen MR) is 92.1 cm³/mol. The zero-order chi connectivity index (χ0) is 17.5. The summed E-state index contributed by atoms with van der Waals surface area (Å²) in [5, 5.41) is 12.0. The summed E-state index contributed by atoms with van der Waals surface area (Å²) in [4.78, 5) is 23.1. The van der Waals surface area contributed by atoms with E-state index in [0.29, 0.717) is 12.5 Å². The average Bonchev–Trinajstić information content (AvgIpc) is 2.56. The molecule has 2 unspecified atom stereocenters. The molecule has 1 aliphatic rings. The Morgan fingerprint density at radius 1 is 1.25 bits per heavy atom. The van der Waals surface area contributed by atoms with Crippen LogP contribution in [0.3, 0.4) is 0 Å². The fourth-order valence-corrected chi connectivity index (χ4v) is 3.33. The second kappa shape index (κ2) is 8.83. The second-order valence-corrected chi connectivity index (χ2v) is 6.45. The Bertz CT molecular complexity index is 551. The molecule has 1 amide bonds. The highest BCUT2D eigenvalue weighted by Gasteiger charge is 2.28. The maximum atomic E-state index is 12.2. The van der Waals surface area contributed by atoms with E-state index in [0.717, 1.165) is 31.2 Å². The molecule has 24 heavy (non-hydrogen) atoms. The number of hydrogen-bond donors (Lipinski definition) is 2. The molecule has 0 spiro atoms. The van der Waals surface area contributed by atoms with Gasteiger partial charge in [-0.2, -0.15) is 0 Å². The van der Waals surface area contributed by atoms with E-state index in [4.69, 9.17) is 9.84 Å². The number of ether oxygens (including phenoxy) is 1. The van der Waals surface area contributed by atoms with Gasteiger partial charge in [-0.25, -0.2) is 4.79 Å². The monoisotopic (exact) mass is 333 g/mol. The molecule has 1 fully saturated rings. The van der Waals surface area contributed by atoms with Gasteiger partial charge in [-0.3, -0.25) is 4.79 Å². The highest BCUT2D eigenvalue weighted by molar-refractivity contribution is 5.87. The minimum Gasteiger partial charge on any atom is -0.478 e. The lowest BCUT2D eigenvalue weighted by Gasteiger charge is -2.34. The smallest absolute Gasteiger partial charge is 0.335 e. The summed E-state index contributed by atoms with van der Waals surface area (Å²) >= 11 is 0. The Kier molecular flexibility index (Phi) is 6.79. The van der Waals surface area contributed by atoms with Gasteiger partial charge in [-0.1, -0.05) is 38.8 Å². The van der Waals surface area contributed by atoms with Crippen molar-refractivity contribution < 1.29 is 19.4 Å². The van der Waals surface area contributed by atoms with Gasteiger partial charge in [-0.15, -0.1) is 0 Å². The zero-order valence-electron chi connectivity index (χ0n) is 14.5. The van der Waals surface area contributed by atoms with Gasteiger partial charge in [0, 0.05) is 12.6 Å². The minimum atomic E-state index is -0.958. The largest absolute Gasteiger partial charge is 0.478 e. The van der Waals surface area contributed by atoms with Gasteiger partial charge in [0.15, 0.2) is 0 Å². The first-order chi connectivity index (χ1) is 11.5. The maximum absolute atomic E-state index is 12.2. The summed E-state index contributed by atoms with van der Waals surface area (Å²) in [6.07, 6.45) is 4.41. The van der Waals surface area contributed by atoms with Gasteiger partial charge in [0.2, 0.25) is 5.91 Å². The summed E-state index contributed by atoms with van der Waals surface area (Å²) in [5.74, 6) is -0.429. The first-order valence-electron chi connectivity index (χ1n) is 8.76. The van der Waals surface area contributed by atoms with Crippen molar-refractivity contribution in [3.05, 3.63) is 35.4 Å². The van der Waals surface area contributed by atoms with Crippen LogP contribution in [-0.4, -0.2) is 35.7 Å². The fraction of sp³-hybridized carbons (Fsp3) is 0.579. The molecule has 1 aromatic rings. The third-order valence-electron chi connectivity index (χ3n) is 4.82. The highest BCUT2D eigenvalue weighted by Crippen LogP contribution is 2.25. The van der Waals surface area contributed by atoms with Crippen LogP contribution in [0.5, 0.6) is 0 Å². The minimum absolute atomic E-state index is 0.0201. The molecule has 2 N–H and O–H groups in total. The summed E-state index contributed by atoms with van der Waals surface area (Å²) in [5.41, 5.74) is 1.05. The molecule has 1 aliphatic heterocycles. The van der Waals surface area contributed by atoms with Crippen molar-refractivity contribution in [2.75, 3.05) is 6.61 Å². The molecule has 0 radical (unpaired) electrons. The molecule has 0 bridgehead atoms. The van der Waals surface area contributed by atoms with E-state index >= 15 is 0 Å². The number of amides is 1. The molecular formula is C19H27NO4. The number of carboxylic acids is 1. The molecule has 1 heterocycles. The van der Waals surface area contributed by atoms with Crippen molar-refractivity contribution in [3.8, 4) is 0 Å². The highest BCUT2D eigenvalue weighted by atomic mass is 16.5. The number of carbonyl (C=O) groups is 2. The Morgan fingerprint density at radius 3 is 2.50 bits per heavy atom. The topological polar surface area (TPSA) is 75.6 Å². The van der Waals surface area contributed by atoms with Crippen molar-refractivity contribution in [1.82, 2.24) is 5.32 Å². The Balaban J connectivity index is 1.86. The molecule has 5 nitrogen and oxygen atoms in total. The summed E-state index contributed by atoms with van der Waals surface area (Å²) in [6.45, 7) is 5.06. The number of hydrogen-bond acceptors (Lipinski definition) is 3. The fourth-order valence-electron chi connectivity index (χ4n) is 3.33. The van der Waals surface area contributed by atoms with Crippen molar-refractivity contribution in [1.29, 1.82) is 0 Å². The van der Waals surface area contributed by atoms with Gasteiger partial charge in [-0.05, 0) is 36.5 Å². The van der Waals surface area contributed by atoms with Gasteiger partial charge in [0.25, 0.3) is 0 Å². The van der Waals surface area contributed by atoms with Crippen LogP contribution in [0.4, 0.5) is 0 Å². The lowest BCUT2D eigenvalue weighted by molar-refractivity contribution is -0.122. The van der Waals surface area contributed by atoms with Crippen LogP contribution in [-0.2, 0) is 16.0 Å². The number of carboxylic acid groups (broad SMARTS) is 1. The van der Waals surface area contributed by atoms with E-state index in [1.54, 1.807) is 12.1 Å². The van der Waals surface area contributed by atoms with E-state index in [1.807, 2.05) is 0 Å². The first-order valence-corrected chi connectivity index (χ1v) is 8.76. The lowest BCUT2D eigenvalue weighted by Crippen LogP contribution is -2.44. The summed E-state index contributed by atoms with van der Waals surface area (Å²) in [7, 11) is 0. The molecule has 2 atom stereocenters. The molecule has 0 aliphatic carbocycles. The number of nitrogens with one attached hydrogen (secondary N) is 1. The maximum Gasteiger partial charge on any atom is 0.335 e. The SMILES string of the molecule is CCC(CC)C1CC(NC(=O)Cc2ccc(C(=O)O)cc2)CCO1. The van der Waals surface area contributed by atoms with Crippen LogP contribution in [0.15, 0.2) is 24.3 Å². The van der Waals surface area contributed by atoms with Crippen LogP contribution < -0.4 is 5.32 Å².